The van der Waals surface area contributed by atoms with Crippen LogP contribution in [0.5, 0.6) is 0 Å². The molecule has 1 unspecified atom stereocenters. The number of amides is 1. The van der Waals surface area contributed by atoms with Crippen LogP contribution in [-0.2, 0) is 4.79 Å². The summed E-state index contributed by atoms with van der Waals surface area (Å²) in [5.74, 6) is -1.72. The van der Waals surface area contributed by atoms with Crippen molar-refractivity contribution in [2.24, 2.45) is 0 Å². The Bertz CT molecular complexity index is 525. The van der Waals surface area contributed by atoms with E-state index in [1.165, 1.54) is 4.90 Å². The Morgan fingerprint density at radius 3 is 2.65 bits per heavy atom. The van der Waals surface area contributed by atoms with Gasteiger partial charge in [0.15, 0.2) is 5.82 Å². The van der Waals surface area contributed by atoms with Gasteiger partial charge in [-0.3, -0.25) is 4.79 Å². The van der Waals surface area contributed by atoms with Crippen LogP contribution in [0.4, 0.5) is 14.5 Å². The second-order valence-electron chi connectivity index (χ2n) is 5.34. The molecule has 3 rings (SSSR count). The van der Waals surface area contributed by atoms with E-state index in [1.54, 1.807) is 0 Å². The zero-order chi connectivity index (χ0) is 14.3. The quantitative estimate of drug-likeness (QED) is 0.931. The summed E-state index contributed by atoms with van der Waals surface area (Å²) in [6.45, 7) is 0.407. The summed E-state index contributed by atoms with van der Waals surface area (Å²) < 4.78 is 27.0. The van der Waals surface area contributed by atoms with Gasteiger partial charge in [0, 0.05) is 18.7 Å². The lowest BCUT2D eigenvalue weighted by Crippen LogP contribution is -2.51. The highest BCUT2D eigenvalue weighted by atomic mass is 35.5. The van der Waals surface area contributed by atoms with Crippen molar-refractivity contribution in [2.75, 3.05) is 11.4 Å². The highest BCUT2D eigenvalue weighted by Gasteiger charge is 2.35. The maximum absolute atomic E-state index is 13.9. The van der Waals surface area contributed by atoms with Crippen molar-refractivity contribution in [1.29, 1.82) is 0 Å². The minimum Gasteiger partial charge on any atom is -0.307 e. The van der Waals surface area contributed by atoms with E-state index >= 15 is 0 Å². The smallest absolute Gasteiger partial charge is 0.244 e. The lowest BCUT2D eigenvalue weighted by molar-refractivity contribution is -0.121. The zero-order valence-corrected chi connectivity index (χ0v) is 11.6. The molecule has 20 heavy (non-hydrogen) atoms. The molecule has 1 atom stereocenters. The summed E-state index contributed by atoms with van der Waals surface area (Å²) in [6, 6.07) is 1.90. The number of benzene rings is 1. The normalized spacial score (nSPS) is 23.2. The molecule has 0 bridgehead atoms. The van der Waals surface area contributed by atoms with Crippen LogP contribution in [0.1, 0.15) is 25.7 Å². The van der Waals surface area contributed by atoms with Gasteiger partial charge in [-0.1, -0.05) is 11.6 Å². The fraction of sp³-hybridized carbons (Fsp3) is 0.500. The first kappa shape index (κ1) is 13.8. The molecule has 1 aromatic carbocycles. The Balaban J connectivity index is 1.86. The topological polar surface area (TPSA) is 32.3 Å². The molecule has 0 spiro atoms. The molecule has 6 heteroatoms. The molecule has 1 saturated heterocycles. The molecule has 1 aromatic rings. The Hall–Kier alpha value is -1.20. The first-order valence-corrected chi connectivity index (χ1v) is 7.16. The van der Waals surface area contributed by atoms with E-state index in [-0.39, 0.29) is 22.7 Å². The first-order chi connectivity index (χ1) is 9.56. The van der Waals surface area contributed by atoms with Gasteiger partial charge in [-0.2, -0.15) is 0 Å². The van der Waals surface area contributed by atoms with Gasteiger partial charge in [0.2, 0.25) is 5.91 Å². The maximum atomic E-state index is 13.9. The molecule has 3 nitrogen and oxygen atoms in total. The number of hydrogen-bond donors (Lipinski definition) is 1. The third kappa shape index (κ3) is 2.65. The predicted molar refractivity (Wildman–Crippen MR) is 72.9 cm³/mol. The molecule has 108 valence electrons. The number of rotatable bonds is 3. The van der Waals surface area contributed by atoms with Crippen molar-refractivity contribution >= 4 is 23.2 Å². The maximum Gasteiger partial charge on any atom is 0.244 e. The highest BCUT2D eigenvalue weighted by Crippen LogP contribution is 2.33. The van der Waals surface area contributed by atoms with Gasteiger partial charge >= 0.3 is 0 Å². The Kier molecular flexibility index (Phi) is 3.65. The average molecular weight is 301 g/mol. The zero-order valence-electron chi connectivity index (χ0n) is 10.8. The summed E-state index contributed by atoms with van der Waals surface area (Å²) in [5, 5.41) is 3.20. The number of halogens is 3. The van der Waals surface area contributed by atoms with Crippen LogP contribution in [-0.4, -0.2) is 24.5 Å². The molecule has 2 aliphatic rings. The summed E-state index contributed by atoms with van der Waals surface area (Å²) in [4.78, 5) is 13.8. The second-order valence-corrected chi connectivity index (χ2v) is 5.75. The summed E-state index contributed by atoms with van der Waals surface area (Å²) in [5.41, 5.74) is -0.0136. The molecule has 2 fully saturated rings. The summed E-state index contributed by atoms with van der Waals surface area (Å²) >= 11 is 5.90. The molecule has 1 aliphatic heterocycles. The van der Waals surface area contributed by atoms with Gasteiger partial charge in [-0.05, 0) is 31.7 Å². The van der Waals surface area contributed by atoms with Crippen LogP contribution in [0.2, 0.25) is 5.02 Å². The van der Waals surface area contributed by atoms with Crippen LogP contribution in [0.3, 0.4) is 0 Å². The number of nitrogens with one attached hydrogen (secondary N) is 1. The van der Waals surface area contributed by atoms with E-state index in [2.05, 4.69) is 5.32 Å². The molecule has 1 heterocycles. The van der Waals surface area contributed by atoms with Gasteiger partial charge in [-0.15, -0.1) is 0 Å². The van der Waals surface area contributed by atoms with E-state index in [0.29, 0.717) is 12.6 Å². The number of carbonyl (C=O) groups excluding carboxylic acids is 1. The van der Waals surface area contributed by atoms with E-state index < -0.39 is 11.6 Å². The second kappa shape index (κ2) is 5.30. The molecule has 1 saturated carbocycles. The average Bonchev–Trinajstić information content (AvgIpc) is 3.16. The van der Waals surface area contributed by atoms with Crippen molar-refractivity contribution < 1.29 is 13.6 Å². The fourth-order valence-corrected chi connectivity index (χ4v) is 2.88. The lowest BCUT2D eigenvalue weighted by atomic mass is 10.0. The van der Waals surface area contributed by atoms with Gasteiger partial charge in [0.25, 0.3) is 0 Å². The van der Waals surface area contributed by atoms with Crippen molar-refractivity contribution in [3.63, 3.8) is 0 Å². The molecular formula is C14H15ClF2N2O. The summed E-state index contributed by atoms with van der Waals surface area (Å²) in [7, 11) is 0. The number of anilines is 1. The van der Waals surface area contributed by atoms with Gasteiger partial charge in [-0.25, -0.2) is 8.78 Å². The number of carbonyl (C=O) groups is 1. The lowest BCUT2D eigenvalue weighted by Gasteiger charge is -2.33. The van der Waals surface area contributed by atoms with E-state index in [9.17, 15) is 13.6 Å². The molecular weight excluding hydrogens is 286 g/mol. The Labute approximate surface area is 120 Å². The van der Waals surface area contributed by atoms with Gasteiger partial charge < -0.3 is 10.2 Å². The third-order valence-corrected chi connectivity index (χ3v) is 3.99. The first-order valence-electron chi connectivity index (χ1n) is 6.78. The molecule has 0 aromatic heterocycles. The minimum absolute atomic E-state index is 0.0136. The third-order valence-electron chi connectivity index (χ3n) is 3.70. The molecule has 0 radical (unpaired) electrons. The molecule has 1 amide bonds. The van der Waals surface area contributed by atoms with Crippen molar-refractivity contribution in [2.45, 2.75) is 37.8 Å². The van der Waals surface area contributed by atoms with Crippen molar-refractivity contribution in [3.8, 4) is 0 Å². The van der Waals surface area contributed by atoms with Crippen LogP contribution >= 0.6 is 11.6 Å². The predicted octanol–water partition coefficient (Wildman–Crippen LogP) is 2.87. The van der Waals surface area contributed by atoms with Crippen LogP contribution in [0.25, 0.3) is 0 Å². The van der Waals surface area contributed by atoms with Crippen LogP contribution < -0.4 is 10.2 Å². The number of hydrogen-bond acceptors (Lipinski definition) is 2. The van der Waals surface area contributed by atoms with Gasteiger partial charge in [0.05, 0.1) is 16.8 Å². The van der Waals surface area contributed by atoms with E-state index in [4.69, 9.17) is 11.6 Å². The monoisotopic (exact) mass is 300 g/mol. The molecule has 1 N–H and O–H groups in total. The number of nitrogens with zero attached hydrogens (tertiary/aromatic N) is 1. The number of piperidine rings is 1. The Morgan fingerprint density at radius 2 is 2.00 bits per heavy atom. The van der Waals surface area contributed by atoms with E-state index in [1.807, 2.05) is 0 Å². The highest BCUT2D eigenvalue weighted by molar-refractivity contribution is 6.34. The van der Waals surface area contributed by atoms with Gasteiger partial charge in [0.1, 0.15) is 5.82 Å². The Morgan fingerprint density at radius 1 is 1.25 bits per heavy atom. The van der Waals surface area contributed by atoms with Crippen molar-refractivity contribution in [1.82, 2.24) is 5.32 Å². The van der Waals surface area contributed by atoms with Crippen LogP contribution in [0, 0.1) is 11.6 Å². The standard InChI is InChI=1S/C14H15ClF2N2O/c15-10-6-8(16)7-11(17)13(10)19-5-1-2-12(14(19)20)18-9-3-4-9/h6-7,9,12,18H,1-5H2. The SMILES string of the molecule is O=C1C(NC2CC2)CCCN1c1c(F)cc(F)cc1Cl. The largest absolute Gasteiger partial charge is 0.307 e. The van der Waals surface area contributed by atoms with E-state index in [0.717, 1.165) is 37.8 Å². The van der Waals surface area contributed by atoms with Crippen LogP contribution in [0.15, 0.2) is 12.1 Å². The minimum atomic E-state index is -0.796. The molecule has 1 aliphatic carbocycles. The summed E-state index contributed by atoms with van der Waals surface area (Å²) in [6.07, 6.45) is 3.67. The fourth-order valence-electron chi connectivity index (χ4n) is 2.58. The van der Waals surface area contributed by atoms with Crippen molar-refractivity contribution in [3.05, 3.63) is 28.8 Å².